The Bertz CT molecular complexity index is 559. The van der Waals surface area contributed by atoms with Crippen LogP contribution in [0.4, 0.5) is 0 Å². The van der Waals surface area contributed by atoms with Crippen molar-refractivity contribution in [3.05, 3.63) is 29.8 Å². The molecule has 7 heteroatoms. The van der Waals surface area contributed by atoms with Crippen molar-refractivity contribution in [3.63, 3.8) is 0 Å². The molecule has 0 aliphatic heterocycles. The van der Waals surface area contributed by atoms with Gasteiger partial charge in [0.2, 0.25) is 5.91 Å². The van der Waals surface area contributed by atoms with E-state index in [2.05, 4.69) is 30.0 Å². The lowest BCUT2D eigenvalue weighted by Gasteiger charge is -2.12. The van der Waals surface area contributed by atoms with Crippen molar-refractivity contribution in [1.29, 1.82) is 0 Å². The summed E-state index contributed by atoms with van der Waals surface area (Å²) >= 11 is 4.92. The number of carbonyl (C=O) groups excluding carboxylic acids is 2. The van der Waals surface area contributed by atoms with E-state index in [0.717, 1.165) is 12.8 Å². The van der Waals surface area contributed by atoms with Gasteiger partial charge in [-0.3, -0.25) is 20.4 Å². The lowest BCUT2D eigenvalue weighted by molar-refractivity contribution is -0.124. The number of ether oxygens (including phenoxy) is 1. The van der Waals surface area contributed by atoms with Gasteiger partial charge in [-0.05, 0) is 42.3 Å². The molecule has 3 N–H and O–H groups in total. The third-order valence-corrected chi connectivity index (χ3v) is 3.45. The smallest absolute Gasteiger partial charge is 0.276 e. The fraction of sp³-hybridized carbons (Fsp3) is 0.471. The van der Waals surface area contributed by atoms with Crippen molar-refractivity contribution in [2.45, 2.75) is 46.0 Å². The molecule has 0 atom stereocenters. The Morgan fingerprint density at radius 1 is 1.12 bits per heavy atom. The summed E-state index contributed by atoms with van der Waals surface area (Å²) in [7, 11) is 0. The summed E-state index contributed by atoms with van der Waals surface area (Å²) in [5.41, 5.74) is 6.05. The summed E-state index contributed by atoms with van der Waals surface area (Å²) in [6.45, 7) is 6.07. The second-order valence-electron chi connectivity index (χ2n) is 5.67. The molecular formula is C17H25N3O3S. The molecule has 1 aromatic rings. The molecule has 2 amide bonds. The first-order valence-corrected chi connectivity index (χ1v) is 8.44. The van der Waals surface area contributed by atoms with Crippen LogP contribution in [0.15, 0.2) is 24.3 Å². The van der Waals surface area contributed by atoms with Crippen molar-refractivity contribution in [2.75, 3.05) is 6.61 Å². The van der Waals surface area contributed by atoms with Gasteiger partial charge in [-0.15, -0.1) is 0 Å². The number of hydrogen-bond donors (Lipinski definition) is 3. The van der Waals surface area contributed by atoms with Gasteiger partial charge in [0.1, 0.15) is 5.75 Å². The molecule has 0 aliphatic carbocycles. The molecule has 6 nitrogen and oxygen atoms in total. The highest BCUT2D eigenvalue weighted by Crippen LogP contribution is 2.18. The van der Waals surface area contributed by atoms with Gasteiger partial charge in [0, 0.05) is 6.42 Å². The zero-order valence-electron chi connectivity index (χ0n) is 14.3. The molecule has 0 saturated heterocycles. The lowest BCUT2D eigenvalue weighted by Crippen LogP contribution is -2.49. The molecule has 0 heterocycles. The van der Waals surface area contributed by atoms with E-state index in [4.69, 9.17) is 17.0 Å². The normalized spacial score (nSPS) is 10.2. The first-order valence-electron chi connectivity index (χ1n) is 8.03. The van der Waals surface area contributed by atoms with E-state index in [1.54, 1.807) is 0 Å². The molecule has 0 fully saturated rings. The molecule has 0 saturated carbocycles. The number of benzene rings is 1. The van der Waals surface area contributed by atoms with Crippen molar-refractivity contribution in [3.8, 4) is 5.75 Å². The van der Waals surface area contributed by atoms with E-state index < -0.39 is 5.91 Å². The first-order chi connectivity index (χ1) is 11.4. The molecule has 0 radical (unpaired) electrons. The molecule has 0 unspecified atom stereocenters. The van der Waals surface area contributed by atoms with Crippen LogP contribution in [-0.2, 0) is 9.59 Å². The maximum Gasteiger partial charge on any atom is 0.276 e. The van der Waals surface area contributed by atoms with Crippen molar-refractivity contribution in [2.24, 2.45) is 0 Å². The SMILES string of the molecule is CCCCC(=O)NC(=S)NNC(=O)COc1ccc(C(C)C)cc1. The molecule has 0 bridgehead atoms. The second kappa shape index (κ2) is 10.6. The van der Waals surface area contributed by atoms with E-state index >= 15 is 0 Å². The number of hydrogen-bond acceptors (Lipinski definition) is 4. The predicted octanol–water partition coefficient (Wildman–Crippen LogP) is 2.40. The maximum atomic E-state index is 11.7. The quantitative estimate of drug-likeness (QED) is 0.519. The molecule has 0 aromatic heterocycles. The van der Waals surface area contributed by atoms with Gasteiger partial charge in [-0.1, -0.05) is 39.3 Å². The zero-order valence-corrected chi connectivity index (χ0v) is 15.2. The molecule has 132 valence electrons. The van der Waals surface area contributed by atoms with Crippen LogP contribution < -0.4 is 20.9 Å². The highest BCUT2D eigenvalue weighted by molar-refractivity contribution is 7.80. The topological polar surface area (TPSA) is 79.5 Å². The summed E-state index contributed by atoms with van der Waals surface area (Å²) in [6.07, 6.45) is 2.13. The molecular weight excluding hydrogens is 326 g/mol. The molecule has 1 rings (SSSR count). The van der Waals surface area contributed by atoms with Crippen molar-refractivity contribution < 1.29 is 14.3 Å². The van der Waals surface area contributed by atoms with E-state index in [-0.39, 0.29) is 17.6 Å². The molecule has 0 aliphatic rings. The zero-order chi connectivity index (χ0) is 17.9. The first kappa shape index (κ1) is 19.9. The Morgan fingerprint density at radius 2 is 1.79 bits per heavy atom. The van der Waals surface area contributed by atoms with Crippen LogP contribution in [0.25, 0.3) is 0 Å². The standard InChI is InChI=1S/C17H25N3O3S/c1-4-5-6-15(21)18-17(24)20-19-16(22)11-23-14-9-7-13(8-10-14)12(2)3/h7-10,12H,4-6,11H2,1-3H3,(H,19,22)(H2,18,20,21,24). The molecule has 1 aromatic carbocycles. The van der Waals surface area contributed by atoms with Gasteiger partial charge < -0.3 is 10.1 Å². The summed E-state index contributed by atoms with van der Waals surface area (Å²) < 4.78 is 5.39. The number of nitrogens with one attached hydrogen (secondary N) is 3. The minimum Gasteiger partial charge on any atom is -0.484 e. The second-order valence-corrected chi connectivity index (χ2v) is 6.07. The summed E-state index contributed by atoms with van der Waals surface area (Å²) in [4.78, 5) is 23.1. The van der Waals surface area contributed by atoms with Gasteiger partial charge in [0.25, 0.3) is 5.91 Å². The maximum absolute atomic E-state index is 11.7. The summed E-state index contributed by atoms with van der Waals surface area (Å²) in [5.74, 6) is 0.489. The minimum atomic E-state index is -0.395. The third kappa shape index (κ3) is 7.92. The minimum absolute atomic E-state index is 0.0609. The van der Waals surface area contributed by atoms with Crippen LogP contribution in [0.2, 0.25) is 0 Å². The van der Waals surface area contributed by atoms with Gasteiger partial charge in [0.05, 0.1) is 0 Å². The van der Waals surface area contributed by atoms with E-state index in [1.165, 1.54) is 5.56 Å². The Balaban J connectivity index is 2.26. The number of amides is 2. The van der Waals surface area contributed by atoms with Gasteiger partial charge >= 0.3 is 0 Å². The Labute approximate surface area is 148 Å². The predicted molar refractivity (Wildman–Crippen MR) is 97.6 cm³/mol. The molecule has 0 spiro atoms. The number of hydrazine groups is 1. The lowest BCUT2D eigenvalue weighted by atomic mass is 10.0. The largest absolute Gasteiger partial charge is 0.484 e. The molecule has 24 heavy (non-hydrogen) atoms. The Morgan fingerprint density at radius 3 is 2.38 bits per heavy atom. The van der Waals surface area contributed by atoms with Gasteiger partial charge in [-0.2, -0.15) is 0 Å². The van der Waals surface area contributed by atoms with Gasteiger partial charge in [-0.25, -0.2) is 0 Å². The highest BCUT2D eigenvalue weighted by atomic mass is 32.1. The fourth-order valence-electron chi connectivity index (χ4n) is 1.82. The average molecular weight is 351 g/mol. The van der Waals surface area contributed by atoms with Crippen LogP contribution in [0.3, 0.4) is 0 Å². The van der Waals surface area contributed by atoms with Crippen molar-refractivity contribution >= 4 is 29.1 Å². The fourth-order valence-corrected chi connectivity index (χ4v) is 1.98. The van der Waals surface area contributed by atoms with E-state index in [0.29, 0.717) is 18.1 Å². The Hall–Kier alpha value is -2.15. The number of thiocarbonyl (C=S) groups is 1. The summed E-state index contributed by atoms with van der Waals surface area (Å²) in [5, 5.41) is 2.55. The van der Waals surface area contributed by atoms with E-state index in [1.807, 2.05) is 31.2 Å². The van der Waals surface area contributed by atoms with Crippen LogP contribution in [0.1, 0.15) is 51.5 Å². The van der Waals surface area contributed by atoms with Crippen LogP contribution in [0, 0.1) is 0 Å². The third-order valence-electron chi connectivity index (χ3n) is 3.24. The number of unbranched alkanes of at least 4 members (excludes halogenated alkanes) is 1. The van der Waals surface area contributed by atoms with Gasteiger partial charge in [0.15, 0.2) is 11.7 Å². The highest BCUT2D eigenvalue weighted by Gasteiger charge is 2.06. The van der Waals surface area contributed by atoms with Crippen molar-refractivity contribution in [1.82, 2.24) is 16.2 Å². The van der Waals surface area contributed by atoms with Crippen LogP contribution >= 0.6 is 12.2 Å². The summed E-state index contributed by atoms with van der Waals surface area (Å²) in [6, 6.07) is 7.59. The number of carbonyl (C=O) groups is 2. The van der Waals surface area contributed by atoms with Crippen LogP contribution in [-0.4, -0.2) is 23.5 Å². The average Bonchev–Trinajstić information content (AvgIpc) is 2.56. The van der Waals surface area contributed by atoms with Crippen LogP contribution in [0.5, 0.6) is 5.75 Å². The van der Waals surface area contributed by atoms with E-state index in [9.17, 15) is 9.59 Å². The monoisotopic (exact) mass is 351 g/mol. The number of rotatable bonds is 7. The Kier molecular flexibility index (Phi) is 8.78.